The van der Waals surface area contributed by atoms with E-state index in [4.69, 9.17) is 0 Å². The van der Waals surface area contributed by atoms with Crippen molar-refractivity contribution in [3.63, 3.8) is 0 Å². The number of rotatable bonds is 3. The van der Waals surface area contributed by atoms with Crippen molar-refractivity contribution in [3.8, 4) is 0 Å². The van der Waals surface area contributed by atoms with Crippen LogP contribution in [-0.2, 0) is 0 Å². The Morgan fingerprint density at radius 3 is 2.48 bits per heavy atom. The Morgan fingerprint density at radius 1 is 1.33 bits per heavy atom. The molecule has 0 bridgehead atoms. The average molecular weight is 297 g/mol. The molecule has 1 N–H and O–H groups in total. The van der Waals surface area contributed by atoms with Gasteiger partial charge in [0.2, 0.25) is 0 Å². The van der Waals surface area contributed by atoms with Gasteiger partial charge in [-0.25, -0.2) is 8.78 Å². The number of carbonyl (C=O) groups excluding carboxylic acids is 1. The number of benzene rings is 1. The molecule has 0 saturated carbocycles. The van der Waals surface area contributed by atoms with Crippen molar-refractivity contribution in [1.29, 1.82) is 0 Å². The fourth-order valence-electron chi connectivity index (χ4n) is 2.68. The number of likely N-dealkylation sites (tertiary alicyclic amines) is 1. The molecule has 1 unspecified atom stereocenters. The second-order valence-corrected chi connectivity index (χ2v) is 5.58. The van der Waals surface area contributed by atoms with E-state index in [9.17, 15) is 13.6 Å². The highest BCUT2D eigenvalue weighted by molar-refractivity contribution is 5.94. The maximum atomic E-state index is 13.8. The van der Waals surface area contributed by atoms with E-state index in [-0.39, 0.29) is 23.2 Å². The molecule has 1 atom stereocenters. The Labute approximate surface area is 123 Å². The van der Waals surface area contributed by atoms with Gasteiger partial charge >= 0.3 is 0 Å². The summed E-state index contributed by atoms with van der Waals surface area (Å²) in [5.74, 6) is -1.81. The summed E-state index contributed by atoms with van der Waals surface area (Å²) < 4.78 is 27.5. The molecule has 4 nitrogen and oxygen atoms in total. The topological polar surface area (TPSA) is 35.6 Å². The summed E-state index contributed by atoms with van der Waals surface area (Å²) in [6.45, 7) is 1.21. The summed E-state index contributed by atoms with van der Waals surface area (Å²) in [4.78, 5) is 16.2. The zero-order chi connectivity index (χ0) is 15.6. The van der Waals surface area contributed by atoms with E-state index in [0.717, 1.165) is 25.0 Å². The van der Waals surface area contributed by atoms with Crippen molar-refractivity contribution in [3.05, 3.63) is 29.3 Å². The first-order valence-corrected chi connectivity index (χ1v) is 7.06. The molecule has 0 aromatic heterocycles. The van der Waals surface area contributed by atoms with Gasteiger partial charge in [-0.3, -0.25) is 4.79 Å². The normalized spacial score (nSPS) is 19.0. The molecule has 1 heterocycles. The van der Waals surface area contributed by atoms with Crippen molar-refractivity contribution in [2.45, 2.75) is 18.9 Å². The van der Waals surface area contributed by atoms with Gasteiger partial charge < -0.3 is 15.1 Å². The third-order valence-corrected chi connectivity index (χ3v) is 3.95. The fraction of sp³-hybridized carbons (Fsp3) is 0.533. The summed E-state index contributed by atoms with van der Waals surface area (Å²) >= 11 is 0. The smallest absolute Gasteiger partial charge is 0.254 e. The van der Waals surface area contributed by atoms with Crippen molar-refractivity contribution in [2.75, 3.05) is 39.5 Å². The minimum absolute atomic E-state index is 0.0587. The summed E-state index contributed by atoms with van der Waals surface area (Å²) in [6, 6.07) is 2.47. The SMILES string of the molecule is CNc1c(F)cc(C(=O)N2CCCC(N(C)C)C2)cc1F. The van der Waals surface area contributed by atoms with E-state index >= 15 is 0 Å². The first-order valence-electron chi connectivity index (χ1n) is 7.06. The van der Waals surface area contributed by atoms with Crippen molar-refractivity contribution >= 4 is 11.6 Å². The molecule has 6 heteroatoms. The van der Waals surface area contributed by atoms with E-state index in [0.29, 0.717) is 13.1 Å². The highest BCUT2D eigenvalue weighted by Crippen LogP contribution is 2.22. The molecule has 0 spiro atoms. The van der Waals surface area contributed by atoms with E-state index in [1.165, 1.54) is 7.05 Å². The summed E-state index contributed by atoms with van der Waals surface area (Å²) in [7, 11) is 5.38. The third kappa shape index (κ3) is 3.32. The zero-order valence-corrected chi connectivity index (χ0v) is 12.6. The van der Waals surface area contributed by atoms with Gasteiger partial charge in [0, 0.05) is 31.7 Å². The molecule has 1 fully saturated rings. The van der Waals surface area contributed by atoms with Gasteiger partial charge in [-0.1, -0.05) is 0 Å². The van der Waals surface area contributed by atoms with Crippen molar-refractivity contribution < 1.29 is 13.6 Å². The molecule has 116 valence electrons. The van der Waals surface area contributed by atoms with Crippen LogP contribution in [0.1, 0.15) is 23.2 Å². The van der Waals surface area contributed by atoms with E-state index in [1.807, 2.05) is 14.1 Å². The van der Waals surface area contributed by atoms with Gasteiger partial charge in [0.25, 0.3) is 5.91 Å². The highest BCUT2D eigenvalue weighted by Gasteiger charge is 2.26. The number of nitrogens with zero attached hydrogens (tertiary/aromatic N) is 2. The minimum Gasteiger partial charge on any atom is -0.383 e. The molecule has 21 heavy (non-hydrogen) atoms. The van der Waals surface area contributed by atoms with Crippen LogP contribution in [0.15, 0.2) is 12.1 Å². The lowest BCUT2D eigenvalue weighted by Crippen LogP contribution is -2.47. The van der Waals surface area contributed by atoms with E-state index < -0.39 is 11.6 Å². The molecule has 1 aliphatic rings. The molecule has 1 aromatic rings. The van der Waals surface area contributed by atoms with Crippen LogP contribution >= 0.6 is 0 Å². The summed E-state index contributed by atoms with van der Waals surface area (Å²) in [6.07, 6.45) is 1.92. The largest absolute Gasteiger partial charge is 0.383 e. The third-order valence-electron chi connectivity index (χ3n) is 3.95. The fourth-order valence-corrected chi connectivity index (χ4v) is 2.68. The Bertz CT molecular complexity index is 511. The van der Waals surface area contributed by atoms with Crippen LogP contribution in [0.25, 0.3) is 0 Å². The molecular weight excluding hydrogens is 276 g/mol. The second-order valence-electron chi connectivity index (χ2n) is 5.58. The molecule has 0 radical (unpaired) electrons. The maximum absolute atomic E-state index is 13.8. The molecule has 1 aliphatic heterocycles. The van der Waals surface area contributed by atoms with Crippen molar-refractivity contribution in [2.24, 2.45) is 0 Å². The van der Waals surface area contributed by atoms with Gasteiger partial charge in [0.05, 0.1) is 0 Å². The van der Waals surface area contributed by atoms with Gasteiger partial charge in [-0.2, -0.15) is 0 Å². The van der Waals surface area contributed by atoms with Crippen LogP contribution in [0.5, 0.6) is 0 Å². The number of hydrogen-bond acceptors (Lipinski definition) is 3. The Hall–Kier alpha value is -1.69. The standard InChI is InChI=1S/C15H21F2N3O/c1-18-14-12(16)7-10(8-13(14)17)15(21)20-6-4-5-11(9-20)19(2)3/h7-8,11,18H,4-6,9H2,1-3H3. The first-order chi connectivity index (χ1) is 9.93. The van der Waals surface area contributed by atoms with Crippen LogP contribution < -0.4 is 5.32 Å². The quantitative estimate of drug-likeness (QED) is 0.929. The lowest BCUT2D eigenvalue weighted by molar-refractivity contribution is 0.0634. The average Bonchev–Trinajstić information content (AvgIpc) is 2.46. The van der Waals surface area contributed by atoms with E-state index in [1.54, 1.807) is 4.90 Å². The lowest BCUT2D eigenvalue weighted by atomic mass is 10.0. The minimum atomic E-state index is -0.748. The molecule has 1 aromatic carbocycles. The van der Waals surface area contributed by atoms with Gasteiger partial charge in [0.15, 0.2) is 0 Å². The summed E-state index contributed by atoms with van der Waals surface area (Å²) in [5.41, 5.74) is -0.153. The van der Waals surface area contributed by atoms with Crippen LogP contribution in [-0.4, -0.2) is 56.0 Å². The van der Waals surface area contributed by atoms with Crippen LogP contribution in [0, 0.1) is 11.6 Å². The summed E-state index contributed by atoms with van der Waals surface area (Å²) in [5, 5.41) is 2.45. The monoisotopic (exact) mass is 297 g/mol. The number of amides is 1. The molecule has 2 rings (SSSR count). The number of anilines is 1. The molecule has 0 aliphatic carbocycles. The van der Waals surface area contributed by atoms with Gasteiger partial charge in [-0.15, -0.1) is 0 Å². The number of halogens is 2. The van der Waals surface area contributed by atoms with E-state index in [2.05, 4.69) is 10.2 Å². The second kappa shape index (κ2) is 6.39. The maximum Gasteiger partial charge on any atom is 0.254 e. The Balaban J connectivity index is 2.20. The Kier molecular flexibility index (Phi) is 4.77. The number of likely N-dealkylation sites (N-methyl/N-ethyl adjacent to an activating group) is 1. The van der Waals surface area contributed by atoms with Crippen LogP contribution in [0.2, 0.25) is 0 Å². The van der Waals surface area contributed by atoms with Crippen LogP contribution in [0.3, 0.4) is 0 Å². The van der Waals surface area contributed by atoms with Gasteiger partial charge in [-0.05, 0) is 39.1 Å². The molecule has 1 saturated heterocycles. The van der Waals surface area contributed by atoms with Crippen LogP contribution in [0.4, 0.5) is 14.5 Å². The van der Waals surface area contributed by atoms with Gasteiger partial charge in [0.1, 0.15) is 17.3 Å². The molecular formula is C15H21F2N3O. The predicted octanol–water partition coefficient (Wildman–Crippen LogP) is 2.17. The first kappa shape index (κ1) is 15.7. The van der Waals surface area contributed by atoms with Crippen molar-refractivity contribution in [1.82, 2.24) is 9.80 Å². The number of nitrogens with one attached hydrogen (secondary N) is 1. The number of hydrogen-bond donors (Lipinski definition) is 1. The molecule has 1 amide bonds. The number of carbonyl (C=O) groups is 1. The lowest BCUT2D eigenvalue weighted by Gasteiger charge is -2.36. The highest BCUT2D eigenvalue weighted by atomic mass is 19.1. The Morgan fingerprint density at radius 2 is 1.95 bits per heavy atom. The predicted molar refractivity (Wildman–Crippen MR) is 78.5 cm³/mol. The zero-order valence-electron chi connectivity index (χ0n) is 12.6. The number of piperidine rings is 1.